The average Bonchev–Trinajstić information content (AvgIpc) is 2.41. The van der Waals surface area contributed by atoms with E-state index in [0.717, 1.165) is 5.57 Å². The maximum atomic E-state index is 11.7. The predicted octanol–water partition coefficient (Wildman–Crippen LogP) is 4.63. The molecular weight excluding hydrogens is 286 g/mol. The summed E-state index contributed by atoms with van der Waals surface area (Å²) in [5.41, 5.74) is 0.775. The Kier molecular flexibility index (Phi) is 8.36. The molecule has 0 aromatic carbocycles. The summed E-state index contributed by atoms with van der Waals surface area (Å²) in [6.45, 7) is 12.9. The molecule has 0 rings (SSSR count). The zero-order chi connectivity index (χ0) is 15.8. The molecule has 0 radical (unpaired) electrons. The van der Waals surface area contributed by atoms with Crippen molar-refractivity contribution in [2.45, 2.75) is 38.4 Å². The normalized spacial score (nSPS) is 14.2. The number of Topliss-reactive ketones (excluding diaryl/α,β-unsaturated/α-hetero) is 1. The number of ketones is 1. The Morgan fingerprint density at radius 3 is 2.50 bits per heavy atom. The molecule has 0 fully saturated rings. The van der Waals surface area contributed by atoms with E-state index in [4.69, 9.17) is 12.2 Å². The third-order valence-corrected chi connectivity index (χ3v) is 4.45. The van der Waals surface area contributed by atoms with E-state index in [1.54, 1.807) is 18.2 Å². The lowest BCUT2D eigenvalue weighted by atomic mass is 9.99. The fourth-order valence-electron chi connectivity index (χ4n) is 1.39. The quantitative estimate of drug-likeness (QED) is 0.372. The van der Waals surface area contributed by atoms with Crippen molar-refractivity contribution < 1.29 is 4.79 Å². The van der Waals surface area contributed by atoms with Crippen molar-refractivity contribution in [3.63, 3.8) is 0 Å². The maximum Gasteiger partial charge on any atom is 0.135 e. The average molecular weight is 307 g/mol. The van der Waals surface area contributed by atoms with Crippen molar-refractivity contribution in [3.05, 3.63) is 37.0 Å². The van der Waals surface area contributed by atoms with E-state index >= 15 is 0 Å². The van der Waals surface area contributed by atoms with E-state index in [-0.39, 0.29) is 11.7 Å². The Balaban J connectivity index is 4.83. The summed E-state index contributed by atoms with van der Waals surface area (Å²) in [5, 5.41) is 9.36. The summed E-state index contributed by atoms with van der Waals surface area (Å²) in [6, 6.07) is 2.26. The third-order valence-electron chi connectivity index (χ3n) is 2.80. The second kappa shape index (κ2) is 8.89. The molecule has 0 saturated carbocycles. The first-order chi connectivity index (χ1) is 9.29. The summed E-state index contributed by atoms with van der Waals surface area (Å²) in [7, 11) is 0. The smallest absolute Gasteiger partial charge is 0.135 e. The van der Waals surface area contributed by atoms with Gasteiger partial charge in [0.05, 0.1) is 10.3 Å². The molecule has 108 valence electrons. The molecule has 0 spiro atoms. The van der Waals surface area contributed by atoms with Gasteiger partial charge < -0.3 is 0 Å². The molecule has 0 amide bonds. The molecular formula is C16H21NOS2. The first-order valence-corrected chi connectivity index (χ1v) is 7.64. The van der Waals surface area contributed by atoms with E-state index in [2.05, 4.69) is 19.2 Å². The van der Waals surface area contributed by atoms with Gasteiger partial charge in [0.25, 0.3) is 0 Å². The second-order valence-corrected chi connectivity index (χ2v) is 7.10. The number of allylic oxidation sites excluding steroid dienone is 3. The van der Waals surface area contributed by atoms with Gasteiger partial charge in [0, 0.05) is 12.3 Å². The highest BCUT2D eigenvalue weighted by atomic mass is 32.2. The van der Waals surface area contributed by atoms with E-state index in [9.17, 15) is 10.1 Å². The lowest BCUT2D eigenvalue weighted by Gasteiger charge is -2.21. The van der Waals surface area contributed by atoms with Crippen molar-refractivity contribution in [1.29, 1.82) is 5.26 Å². The zero-order valence-electron chi connectivity index (χ0n) is 12.3. The number of hydrogen-bond acceptors (Lipinski definition) is 4. The van der Waals surface area contributed by atoms with Crippen LogP contribution >= 0.6 is 24.0 Å². The summed E-state index contributed by atoms with van der Waals surface area (Å²) in [5.74, 6) is 0.169. The summed E-state index contributed by atoms with van der Waals surface area (Å²) >= 11 is 6.63. The van der Waals surface area contributed by atoms with Crippen LogP contribution in [-0.4, -0.2) is 14.7 Å². The highest BCUT2D eigenvalue weighted by Crippen LogP contribution is 2.33. The fraction of sp³-hybridized carbons (Fsp3) is 0.438. The maximum absolute atomic E-state index is 11.7. The van der Waals surface area contributed by atoms with E-state index in [0.29, 0.717) is 17.0 Å². The van der Waals surface area contributed by atoms with Crippen LogP contribution in [0.5, 0.6) is 0 Å². The van der Waals surface area contributed by atoms with Gasteiger partial charge in [-0.05, 0) is 18.9 Å². The van der Waals surface area contributed by atoms with Gasteiger partial charge in [0.15, 0.2) is 0 Å². The molecule has 0 aliphatic heterocycles. The highest BCUT2D eigenvalue weighted by molar-refractivity contribution is 8.24. The van der Waals surface area contributed by atoms with Gasteiger partial charge in [-0.3, -0.25) is 4.79 Å². The molecule has 20 heavy (non-hydrogen) atoms. The minimum atomic E-state index is -0.703. The first kappa shape index (κ1) is 18.8. The number of nitriles is 1. The molecule has 0 heterocycles. The van der Waals surface area contributed by atoms with Crippen LogP contribution in [0.15, 0.2) is 37.0 Å². The second-order valence-electron chi connectivity index (χ2n) is 4.92. The van der Waals surface area contributed by atoms with E-state index < -0.39 is 4.75 Å². The Morgan fingerprint density at radius 1 is 1.50 bits per heavy atom. The molecule has 0 N–H and O–H groups in total. The third kappa shape index (κ3) is 6.31. The van der Waals surface area contributed by atoms with Crippen LogP contribution in [0.4, 0.5) is 0 Å². The molecule has 1 atom stereocenters. The van der Waals surface area contributed by atoms with Gasteiger partial charge in [0.2, 0.25) is 0 Å². The van der Waals surface area contributed by atoms with Crippen LogP contribution in [0, 0.1) is 17.2 Å². The molecule has 0 aliphatic carbocycles. The minimum Gasteiger partial charge on any atom is -0.299 e. The van der Waals surface area contributed by atoms with Crippen molar-refractivity contribution in [1.82, 2.24) is 0 Å². The Bertz CT molecular complexity index is 471. The van der Waals surface area contributed by atoms with E-state index in [1.807, 2.05) is 20.8 Å². The highest BCUT2D eigenvalue weighted by Gasteiger charge is 2.28. The molecule has 2 nitrogen and oxygen atoms in total. The molecule has 0 saturated heterocycles. The Morgan fingerprint density at radius 2 is 2.10 bits per heavy atom. The standard InChI is InChI=1S/C16H21NOS2/c1-6-8-13(7-2)15(19)20-16(5,11-17)10-9-14(18)12(3)4/h6-8,12H,1-2,9-10H2,3-5H3/b13-8+. The van der Waals surface area contributed by atoms with Gasteiger partial charge in [-0.25, -0.2) is 0 Å². The SMILES string of the molecule is C=C/C=C(\C=C)C(=S)SC(C)(C#N)CCC(=O)C(C)C. The monoisotopic (exact) mass is 307 g/mol. The van der Waals surface area contributed by atoms with Gasteiger partial charge in [-0.1, -0.05) is 69.2 Å². The van der Waals surface area contributed by atoms with Gasteiger partial charge in [-0.15, -0.1) is 0 Å². The summed E-state index contributed by atoms with van der Waals surface area (Å²) in [4.78, 5) is 11.7. The van der Waals surface area contributed by atoms with Crippen LogP contribution in [-0.2, 0) is 4.79 Å². The van der Waals surface area contributed by atoms with Crippen LogP contribution in [0.1, 0.15) is 33.6 Å². The molecule has 0 aromatic rings. The van der Waals surface area contributed by atoms with Gasteiger partial charge >= 0.3 is 0 Å². The van der Waals surface area contributed by atoms with Crippen molar-refractivity contribution >= 4 is 34.0 Å². The number of thiocarbonyl (C=S) groups is 1. The molecule has 0 aliphatic rings. The predicted molar refractivity (Wildman–Crippen MR) is 91.8 cm³/mol. The summed E-state index contributed by atoms with van der Waals surface area (Å²) < 4.78 is -0.105. The van der Waals surface area contributed by atoms with Gasteiger partial charge in [-0.2, -0.15) is 5.26 Å². The lowest BCUT2D eigenvalue weighted by Crippen LogP contribution is -2.22. The molecule has 0 bridgehead atoms. The fourth-order valence-corrected chi connectivity index (χ4v) is 3.02. The number of carbonyl (C=O) groups is 1. The number of rotatable bonds is 8. The van der Waals surface area contributed by atoms with Crippen LogP contribution in [0.25, 0.3) is 0 Å². The Labute approximate surface area is 131 Å². The zero-order valence-corrected chi connectivity index (χ0v) is 13.9. The molecule has 0 aromatic heterocycles. The van der Waals surface area contributed by atoms with Crippen molar-refractivity contribution in [2.75, 3.05) is 0 Å². The van der Waals surface area contributed by atoms with Crippen LogP contribution in [0.2, 0.25) is 0 Å². The largest absolute Gasteiger partial charge is 0.299 e. The number of carbonyl (C=O) groups excluding carboxylic acids is 1. The topological polar surface area (TPSA) is 40.9 Å². The molecule has 1 unspecified atom stereocenters. The number of thioether (sulfide) groups is 1. The lowest BCUT2D eigenvalue weighted by molar-refractivity contribution is -0.122. The number of hydrogen-bond donors (Lipinski definition) is 0. The Hall–Kier alpha value is -1.18. The van der Waals surface area contributed by atoms with Gasteiger partial charge in [0.1, 0.15) is 10.5 Å². The van der Waals surface area contributed by atoms with Crippen molar-refractivity contribution in [3.8, 4) is 6.07 Å². The van der Waals surface area contributed by atoms with Crippen molar-refractivity contribution in [2.24, 2.45) is 5.92 Å². The molecule has 4 heteroatoms. The number of nitrogens with zero attached hydrogens (tertiary/aromatic N) is 1. The van der Waals surface area contributed by atoms with Crippen LogP contribution in [0.3, 0.4) is 0 Å². The summed E-state index contributed by atoms with van der Waals surface area (Å²) in [6.07, 6.45) is 5.93. The van der Waals surface area contributed by atoms with Crippen LogP contribution < -0.4 is 0 Å². The van der Waals surface area contributed by atoms with E-state index in [1.165, 1.54) is 11.8 Å². The minimum absolute atomic E-state index is 0.000655. The first-order valence-electron chi connectivity index (χ1n) is 6.42.